The van der Waals surface area contributed by atoms with E-state index in [1.807, 2.05) is 29.7 Å². The number of oxazole rings is 1. The van der Waals surface area contributed by atoms with E-state index in [1.54, 1.807) is 0 Å². The summed E-state index contributed by atoms with van der Waals surface area (Å²) in [6, 6.07) is 2.13. The predicted molar refractivity (Wildman–Crippen MR) is 86.0 cm³/mol. The van der Waals surface area contributed by atoms with Crippen molar-refractivity contribution in [3.8, 4) is 6.07 Å². The lowest BCUT2D eigenvalue weighted by Crippen LogP contribution is -2.49. The van der Waals surface area contributed by atoms with Gasteiger partial charge in [-0.25, -0.2) is 4.98 Å². The van der Waals surface area contributed by atoms with Crippen molar-refractivity contribution in [3.05, 3.63) is 23.2 Å². The molecule has 1 aliphatic carbocycles. The van der Waals surface area contributed by atoms with Crippen LogP contribution in [0, 0.1) is 11.3 Å². The molecule has 0 unspecified atom stereocenters. The molecule has 0 spiro atoms. The molecule has 1 amide bonds. The molecule has 1 aromatic rings. The van der Waals surface area contributed by atoms with Gasteiger partial charge in [-0.05, 0) is 26.2 Å². The molecule has 0 radical (unpaired) electrons. The number of aromatic nitrogens is 1. The summed E-state index contributed by atoms with van der Waals surface area (Å²) >= 11 is 0. The van der Waals surface area contributed by atoms with Crippen molar-refractivity contribution in [1.82, 2.24) is 9.88 Å². The van der Waals surface area contributed by atoms with Crippen LogP contribution in [0.4, 0.5) is 5.88 Å². The van der Waals surface area contributed by atoms with Crippen LogP contribution in [0.2, 0.25) is 0 Å². The number of rotatable bonds is 4. The van der Waals surface area contributed by atoms with Crippen LogP contribution in [0.3, 0.4) is 0 Å². The van der Waals surface area contributed by atoms with E-state index in [9.17, 15) is 10.1 Å². The standard InChI is InChI=1S/C17H22N4O2/c1-3-4-12(2)16(22)20-7-9-21(10-8-20)17-14(11-18)19-15(23-17)13-5-6-13/h4,13H,3,5-10H2,1-2H3/b12-4+. The van der Waals surface area contributed by atoms with Crippen molar-refractivity contribution in [2.45, 2.75) is 39.0 Å². The van der Waals surface area contributed by atoms with Gasteiger partial charge in [0.2, 0.25) is 23.4 Å². The van der Waals surface area contributed by atoms with Gasteiger partial charge in [0.1, 0.15) is 6.07 Å². The monoisotopic (exact) mass is 314 g/mol. The minimum Gasteiger partial charge on any atom is -0.423 e. The van der Waals surface area contributed by atoms with Crippen LogP contribution < -0.4 is 4.90 Å². The minimum atomic E-state index is 0.100. The third-order valence-electron chi connectivity index (χ3n) is 4.36. The Hall–Kier alpha value is -2.29. The normalized spacial score (nSPS) is 18.9. The van der Waals surface area contributed by atoms with Gasteiger partial charge in [-0.1, -0.05) is 13.0 Å². The molecule has 0 N–H and O–H groups in total. The average Bonchev–Trinajstić information content (AvgIpc) is 3.33. The Morgan fingerprint density at radius 2 is 2.09 bits per heavy atom. The highest BCUT2D eigenvalue weighted by Gasteiger charge is 2.32. The lowest BCUT2D eigenvalue weighted by molar-refractivity contribution is -0.127. The average molecular weight is 314 g/mol. The number of piperazine rings is 1. The third kappa shape index (κ3) is 3.24. The summed E-state index contributed by atoms with van der Waals surface area (Å²) in [5.74, 6) is 1.75. The number of anilines is 1. The molecule has 1 aromatic heterocycles. The highest BCUT2D eigenvalue weighted by Crippen LogP contribution is 2.41. The Labute approximate surface area is 136 Å². The van der Waals surface area contributed by atoms with Crippen LogP contribution in [0.25, 0.3) is 0 Å². The van der Waals surface area contributed by atoms with Crippen molar-refractivity contribution in [2.24, 2.45) is 0 Å². The Balaban J connectivity index is 1.66. The van der Waals surface area contributed by atoms with E-state index in [-0.39, 0.29) is 5.91 Å². The van der Waals surface area contributed by atoms with Gasteiger partial charge in [-0.3, -0.25) is 4.79 Å². The molecule has 0 bridgehead atoms. The summed E-state index contributed by atoms with van der Waals surface area (Å²) in [6.07, 6.45) is 5.01. The molecular weight excluding hydrogens is 292 g/mol. The third-order valence-corrected chi connectivity index (χ3v) is 4.36. The molecule has 3 rings (SSSR count). The molecule has 2 heterocycles. The Morgan fingerprint density at radius 3 is 2.65 bits per heavy atom. The van der Waals surface area contributed by atoms with Crippen LogP contribution in [-0.2, 0) is 4.79 Å². The van der Waals surface area contributed by atoms with Gasteiger partial charge in [0.25, 0.3) is 0 Å². The SMILES string of the molecule is CC/C=C(\C)C(=O)N1CCN(c2oc(C3CC3)nc2C#N)CC1. The van der Waals surface area contributed by atoms with Gasteiger partial charge >= 0.3 is 0 Å². The molecule has 1 saturated carbocycles. The maximum absolute atomic E-state index is 12.3. The maximum Gasteiger partial charge on any atom is 0.249 e. The van der Waals surface area contributed by atoms with E-state index in [4.69, 9.17) is 4.42 Å². The van der Waals surface area contributed by atoms with E-state index in [0.717, 1.165) is 24.8 Å². The molecule has 0 aromatic carbocycles. The first-order valence-corrected chi connectivity index (χ1v) is 8.25. The summed E-state index contributed by atoms with van der Waals surface area (Å²) in [5, 5.41) is 9.27. The quantitative estimate of drug-likeness (QED) is 0.798. The lowest BCUT2D eigenvalue weighted by atomic mass is 10.2. The Kier molecular flexibility index (Phi) is 4.37. The number of amides is 1. The molecule has 2 fully saturated rings. The van der Waals surface area contributed by atoms with Crippen molar-refractivity contribution < 1.29 is 9.21 Å². The molecule has 6 heteroatoms. The van der Waals surface area contributed by atoms with Crippen LogP contribution in [0.1, 0.15) is 50.6 Å². The summed E-state index contributed by atoms with van der Waals surface area (Å²) in [7, 11) is 0. The number of hydrogen-bond donors (Lipinski definition) is 0. The number of nitriles is 1. The molecule has 1 saturated heterocycles. The Bertz CT molecular complexity index is 659. The highest BCUT2D eigenvalue weighted by atomic mass is 16.4. The van der Waals surface area contributed by atoms with Crippen molar-refractivity contribution >= 4 is 11.8 Å². The minimum absolute atomic E-state index is 0.100. The smallest absolute Gasteiger partial charge is 0.249 e. The summed E-state index contributed by atoms with van der Waals surface area (Å²) < 4.78 is 5.83. The van der Waals surface area contributed by atoms with Gasteiger partial charge < -0.3 is 14.2 Å². The van der Waals surface area contributed by atoms with Gasteiger partial charge in [-0.2, -0.15) is 5.26 Å². The van der Waals surface area contributed by atoms with Gasteiger partial charge in [-0.15, -0.1) is 0 Å². The van der Waals surface area contributed by atoms with Crippen molar-refractivity contribution in [3.63, 3.8) is 0 Å². The number of carbonyl (C=O) groups excluding carboxylic acids is 1. The Morgan fingerprint density at radius 1 is 1.39 bits per heavy atom. The first-order valence-electron chi connectivity index (χ1n) is 8.25. The van der Waals surface area contributed by atoms with Crippen LogP contribution in [0.5, 0.6) is 0 Å². The second-order valence-corrected chi connectivity index (χ2v) is 6.17. The van der Waals surface area contributed by atoms with Gasteiger partial charge in [0.15, 0.2) is 0 Å². The zero-order valence-electron chi connectivity index (χ0n) is 13.7. The number of allylic oxidation sites excluding steroid dienone is 1. The molecule has 0 atom stereocenters. The fourth-order valence-corrected chi connectivity index (χ4v) is 2.88. The number of nitrogens with zero attached hydrogens (tertiary/aromatic N) is 4. The van der Waals surface area contributed by atoms with Gasteiger partial charge in [0.05, 0.1) is 0 Å². The molecule has 122 valence electrons. The highest BCUT2D eigenvalue weighted by molar-refractivity contribution is 5.93. The number of carbonyl (C=O) groups is 1. The van der Waals surface area contributed by atoms with E-state index in [1.165, 1.54) is 0 Å². The van der Waals surface area contributed by atoms with E-state index < -0.39 is 0 Å². The molecule has 2 aliphatic rings. The van der Waals surface area contributed by atoms with E-state index >= 15 is 0 Å². The zero-order chi connectivity index (χ0) is 16.4. The van der Waals surface area contributed by atoms with Crippen LogP contribution in [0.15, 0.2) is 16.1 Å². The van der Waals surface area contributed by atoms with Gasteiger partial charge in [0, 0.05) is 37.7 Å². The number of hydrogen-bond acceptors (Lipinski definition) is 5. The van der Waals surface area contributed by atoms with Crippen LogP contribution in [-0.4, -0.2) is 42.0 Å². The molecule has 1 aliphatic heterocycles. The van der Waals surface area contributed by atoms with E-state index in [0.29, 0.717) is 49.6 Å². The van der Waals surface area contributed by atoms with E-state index in [2.05, 4.69) is 11.1 Å². The second kappa shape index (κ2) is 6.45. The predicted octanol–water partition coefficient (Wildman–Crippen LogP) is 2.43. The lowest BCUT2D eigenvalue weighted by Gasteiger charge is -2.34. The van der Waals surface area contributed by atoms with Crippen LogP contribution >= 0.6 is 0 Å². The summed E-state index contributed by atoms with van der Waals surface area (Å²) in [5.41, 5.74) is 1.17. The summed E-state index contributed by atoms with van der Waals surface area (Å²) in [4.78, 5) is 20.5. The largest absolute Gasteiger partial charge is 0.423 e. The topological polar surface area (TPSA) is 73.4 Å². The first kappa shape index (κ1) is 15.6. The molecule has 6 nitrogen and oxygen atoms in total. The zero-order valence-corrected chi connectivity index (χ0v) is 13.7. The molecule has 23 heavy (non-hydrogen) atoms. The fraction of sp³-hybridized carbons (Fsp3) is 0.588. The fourth-order valence-electron chi connectivity index (χ4n) is 2.88. The second-order valence-electron chi connectivity index (χ2n) is 6.17. The van der Waals surface area contributed by atoms with Crippen molar-refractivity contribution in [1.29, 1.82) is 5.26 Å². The molecular formula is C17H22N4O2. The maximum atomic E-state index is 12.3. The first-order chi connectivity index (χ1) is 11.1. The summed E-state index contributed by atoms with van der Waals surface area (Å²) in [6.45, 7) is 6.50. The van der Waals surface area contributed by atoms with Crippen molar-refractivity contribution in [2.75, 3.05) is 31.1 Å².